The highest BCUT2D eigenvalue weighted by Gasteiger charge is 2.04. The van der Waals surface area contributed by atoms with Gasteiger partial charge in [0.25, 0.3) is 0 Å². The molecule has 0 saturated carbocycles. The molecule has 2 N–H and O–H groups in total. The zero-order valence-electron chi connectivity index (χ0n) is 9.91. The maximum Gasteiger partial charge on any atom is 0.128 e. The Morgan fingerprint density at radius 3 is 2.60 bits per heavy atom. The predicted molar refractivity (Wildman–Crippen MR) is 65.4 cm³/mol. The van der Waals surface area contributed by atoms with E-state index in [-0.39, 0.29) is 0 Å². The molecule has 1 aromatic rings. The first-order valence-corrected chi connectivity index (χ1v) is 5.18. The van der Waals surface area contributed by atoms with Crippen LogP contribution in [0.2, 0.25) is 0 Å². The maximum absolute atomic E-state index is 4.40. The number of hydrogen-bond acceptors (Lipinski definition) is 4. The lowest BCUT2D eigenvalue weighted by atomic mass is 10.3. The highest BCUT2D eigenvalue weighted by atomic mass is 15.1. The van der Waals surface area contributed by atoms with Crippen molar-refractivity contribution in [2.75, 3.05) is 38.3 Å². The van der Waals surface area contributed by atoms with Gasteiger partial charge in [-0.15, -0.1) is 0 Å². The van der Waals surface area contributed by atoms with Gasteiger partial charge < -0.3 is 15.5 Å². The van der Waals surface area contributed by atoms with Gasteiger partial charge in [0, 0.05) is 19.6 Å². The summed E-state index contributed by atoms with van der Waals surface area (Å²) in [4.78, 5) is 6.55. The first-order chi connectivity index (χ1) is 7.11. The molecule has 0 amide bonds. The molecule has 0 spiro atoms. The Bertz CT molecular complexity index is 298. The molecule has 1 rings (SSSR count). The molecule has 1 unspecified atom stereocenters. The number of anilines is 2. The first-order valence-electron chi connectivity index (χ1n) is 5.18. The average molecular weight is 208 g/mol. The summed E-state index contributed by atoms with van der Waals surface area (Å²) in [6.45, 7) is 3.14. The van der Waals surface area contributed by atoms with Gasteiger partial charge in [-0.3, -0.25) is 0 Å². The Hall–Kier alpha value is -1.29. The molecule has 0 saturated heterocycles. The van der Waals surface area contributed by atoms with Crippen molar-refractivity contribution in [2.24, 2.45) is 0 Å². The van der Waals surface area contributed by atoms with Gasteiger partial charge in [0.2, 0.25) is 0 Å². The van der Waals surface area contributed by atoms with E-state index in [1.165, 1.54) is 0 Å². The van der Waals surface area contributed by atoms with E-state index in [1.54, 1.807) is 0 Å². The fraction of sp³-hybridized carbons (Fsp3) is 0.545. The monoisotopic (exact) mass is 208 g/mol. The van der Waals surface area contributed by atoms with E-state index >= 15 is 0 Å². The molecule has 4 heteroatoms. The molecule has 0 aliphatic rings. The van der Waals surface area contributed by atoms with Crippen LogP contribution in [-0.2, 0) is 0 Å². The highest BCUT2D eigenvalue weighted by molar-refractivity contribution is 5.45. The first kappa shape index (κ1) is 11.8. The van der Waals surface area contributed by atoms with Crippen LogP contribution in [0.1, 0.15) is 6.92 Å². The Morgan fingerprint density at radius 1 is 1.33 bits per heavy atom. The average Bonchev–Trinajstić information content (AvgIpc) is 2.16. The molecule has 4 nitrogen and oxygen atoms in total. The fourth-order valence-electron chi connectivity index (χ4n) is 1.50. The molecule has 1 heterocycles. The van der Waals surface area contributed by atoms with Gasteiger partial charge in [0.15, 0.2) is 0 Å². The third-order valence-electron chi connectivity index (χ3n) is 2.04. The van der Waals surface area contributed by atoms with Gasteiger partial charge >= 0.3 is 0 Å². The second kappa shape index (κ2) is 5.56. The van der Waals surface area contributed by atoms with Crippen molar-refractivity contribution < 1.29 is 0 Å². The minimum absolute atomic E-state index is 0.389. The second-order valence-corrected chi connectivity index (χ2v) is 3.97. The topological polar surface area (TPSA) is 40.2 Å². The van der Waals surface area contributed by atoms with Gasteiger partial charge in [-0.1, -0.05) is 6.07 Å². The molecule has 84 valence electrons. The summed E-state index contributed by atoms with van der Waals surface area (Å²) >= 11 is 0. The molecule has 0 aliphatic heterocycles. The number of likely N-dealkylation sites (N-methyl/N-ethyl adjacent to an activating group) is 1. The van der Waals surface area contributed by atoms with Crippen LogP contribution in [0, 0.1) is 0 Å². The van der Waals surface area contributed by atoms with Gasteiger partial charge in [0.1, 0.15) is 11.6 Å². The summed E-state index contributed by atoms with van der Waals surface area (Å²) in [6.07, 6.45) is 0. The zero-order valence-corrected chi connectivity index (χ0v) is 9.91. The van der Waals surface area contributed by atoms with Crippen LogP contribution in [0.3, 0.4) is 0 Å². The summed E-state index contributed by atoms with van der Waals surface area (Å²) in [5.41, 5.74) is 0. The standard InChI is InChI=1S/C11H20N4/c1-9(8-15(3)4)13-11-7-5-6-10(12-2)14-11/h5-7,9H,8H2,1-4H3,(H2,12,13,14). The van der Waals surface area contributed by atoms with Crippen molar-refractivity contribution in [3.05, 3.63) is 18.2 Å². The molecule has 1 aromatic heterocycles. The van der Waals surface area contributed by atoms with Crippen LogP contribution in [0.15, 0.2) is 18.2 Å². The molecule has 15 heavy (non-hydrogen) atoms. The summed E-state index contributed by atoms with van der Waals surface area (Å²) in [5, 5.41) is 6.37. The number of aromatic nitrogens is 1. The molecule has 0 fully saturated rings. The Labute approximate surface area is 91.7 Å². The van der Waals surface area contributed by atoms with Gasteiger partial charge in [-0.05, 0) is 33.2 Å². The third-order valence-corrected chi connectivity index (χ3v) is 2.04. The van der Waals surface area contributed by atoms with E-state index in [0.717, 1.165) is 18.2 Å². The van der Waals surface area contributed by atoms with Gasteiger partial charge in [-0.2, -0.15) is 0 Å². The zero-order chi connectivity index (χ0) is 11.3. The van der Waals surface area contributed by atoms with Crippen molar-refractivity contribution >= 4 is 11.6 Å². The quantitative estimate of drug-likeness (QED) is 0.769. The molecule has 1 atom stereocenters. The Balaban J connectivity index is 2.55. The van der Waals surface area contributed by atoms with Crippen LogP contribution < -0.4 is 10.6 Å². The van der Waals surface area contributed by atoms with Crippen molar-refractivity contribution in [1.29, 1.82) is 0 Å². The van der Waals surface area contributed by atoms with Crippen LogP contribution in [0.5, 0.6) is 0 Å². The van der Waals surface area contributed by atoms with E-state index in [9.17, 15) is 0 Å². The number of nitrogens with zero attached hydrogens (tertiary/aromatic N) is 2. The van der Waals surface area contributed by atoms with Crippen LogP contribution >= 0.6 is 0 Å². The summed E-state index contributed by atoms with van der Waals surface area (Å²) in [6, 6.07) is 6.30. The van der Waals surface area contributed by atoms with E-state index < -0.39 is 0 Å². The highest BCUT2D eigenvalue weighted by Crippen LogP contribution is 2.09. The largest absolute Gasteiger partial charge is 0.373 e. The van der Waals surface area contributed by atoms with Crippen molar-refractivity contribution in [3.63, 3.8) is 0 Å². The van der Waals surface area contributed by atoms with Crippen molar-refractivity contribution in [2.45, 2.75) is 13.0 Å². The smallest absolute Gasteiger partial charge is 0.128 e. The van der Waals surface area contributed by atoms with Crippen LogP contribution in [0.4, 0.5) is 11.6 Å². The Morgan fingerprint density at radius 2 is 2.00 bits per heavy atom. The summed E-state index contributed by atoms with van der Waals surface area (Å²) in [5.74, 6) is 1.80. The van der Waals surface area contributed by atoms with Gasteiger partial charge in [-0.25, -0.2) is 4.98 Å². The van der Waals surface area contributed by atoms with Gasteiger partial charge in [0.05, 0.1) is 0 Å². The minimum atomic E-state index is 0.389. The van der Waals surface area contributed by atoms with E-state index in [0.29, 0.717) is 6.04 Å². The van der Waals surface area contributed by atoms with Crippen LogP contribution in [0.25, 0.3) is 0 Å². The van der Waals surface area contributed by atoms with E-state index in [4.69, 9.17) is 0 Å². The molecule has 0 aromatic carbocycles. The Kier molecular flexibility index (Phi) is 4.37. The minimum Gasteiger partial charge on any atom is -0.373 e. The maximum atomic E-state index is 4.40. The molecular weight excluding hydrogens is 188 g/mol. The van der Waals surface area contributed by atoms with Crippen LogP contribution in [-0.4, -0.2) is 43.6 Å². The lowest BCUT2D eigenvalue weighted by molar-refractivity contribution is 0.392. The molecule has 0 bridgehead atoms. The lowest BCUT2D eigenvalue weighted by Crippen LogP contribution is -2.29. The summed E-state index contributed by atoms with van der Waals surface area (Å²) in [7, 11) is 6.00. The number of pyridine rings is 1. The number of rotatable bonds is 5. The normalized spacial score (nSPS) is 12.6. The second-order valence-electron chi connectivity index (χ2n) is 3.97. The third kappa shape index (κ3) is 4.16. The van der Waals surface area contributed by atoms with E-state index in [1.807, 2.05) is 25.2 Å². The van der Waals surface area contributed by atoms with E-state index in [2.05, 4.69) is 41.5 Å². The number of nitrogens with one attached hydrogen (secondary N) is 2. The van der Waals surface area contributed by atoms with Crippen molar-refractivity contribution in [3.8, 4) is 0 Å². The van der Waals surface area contributed by atoms with Crippen molar-refractivity contribution in [1.82, 2.24) is 9.88 Å². The predicted octanol–water partition coefficient (Wildman–Crippen LogP) is 1.49. The SMILES string of the molecule is CNc1cccc(NC(C)CN(C)C)n1. The summed E-state index contributed by atoms with van der Waals surface area (Å²) < 4.78 is 0. The fourth-order valence-corrected chi connectivity index (χ4v) is 1.50. The molecule has 0 radical (unpaired) electrons. The molecule has 0 aliphatic carbocycles. The number of hydrogen-bond donors (Lipinski definition) is 2. The lowest BCUT2D eigenvalue weighted by Gasteiger charge is -2.19. The molecular formula is C11H20N4.